The van der Waals surface area contributed by atoms with E-state index in [-0.39, 0.29) is 30.6 Å². The van der Waals surface area contributed by atoms with Crippen LogP contribution in [0.25, 0.3) is 0 Å². The van der Waals surface area contributed by atoms with Gasteiger partial charge in [-0.3, -0.25) is 9.59 Å². The lowest BCUT2D eigenvalue weighted by Gasteiger charge is -2.28. The number of aromatic nitrogens is 1. The summed E-state index contributed by atoms with van der Waals surface area (Å²) in [5, 5.41) is 4.89. The van der Waals surface area contributed by atoms with E-state index in [1.165, 1.54) is 29.0 Å². The van der Waals surface area contributed by atoms with Gasteiger partial charge in [0, 0.05) is 18.5 Å². The summed E-state index contributed by atoms with van der Waals surface area (Å²) in [7, 11) is 0. The fourth-order valence-corrected chi connectivity index (χ4v) is 4.14. The van der Waals surface area contributed by atoms with Gasteiger partial charge >= 0.3 is 6.36 Å². The first-order valence-corrected chi connectivity index (χ1v) is 11.2. The van der Waals surface area contributed by atoms with E-state index in [0.29, 0.717) is 23.8 Å². The minimum absolute atomic E-state index is 0.126. The van der Waals surface area contributed by atoms with Crippen LogP contribution in [0.3, 0.4) is 0 Å². The Balaban J connectivity index is 1.23. The Morgan fingerprint density at radius 2 is 1.76 bits per heavy atom. The molecule has 0 fully saturated rings. The Kier molecular flexibility index (Phi) is 7.01. The molecule has 0 atom stereocenters. The molecule has 2 aromatic carbocycles. The quantitative estimate of drug-likeness (QED) is 0.542. The number of fused-ring (bicyclic) bond motifs is 1. The molecule has 0 aliphatic carbocycles. The molecule has 0 saturated carbocycles. The second-order valence-corrected chi connectivity index (χ2v) is 8.40. The van der Waals surface area contributed by atoms with E-state index >= 15 is 0 Å². The van der Waals surface area contributed by atoms with E-state index in [2.05, 4.69) is 21.1 Å². The van der Waals surface area contributed by atoms with Gasteiger partial charge in [-0.25, -0.2) is 4.98 Å². The number of nitrogens with zero attached hydrogens (tertiary/aromatic N) is 2. The van der Waals surface area contributed by atoms with Crippen LogP contribution in [0.2, 0.25) is 0 Å². The van der Waals surface area contributed by atoms with Crippen LogP contribution in [0.4, 0.5) is 13.2 Å². The number of benzene rings is 2. The molecule has 1 aliphatic rings. The van der Waals surface area contributed by atoms with Crippen LogP contribution < -0.4 is 14.8 Å². The number of ether oxygens (including phenoxy) is 2. The van der Waals surface area contributed by atoms with E-state index < -0.39 is 12.3 Å². The van der Waals surface area contributed by atoms with Gasteiger partial charge in [-0.1, -0.05) is 24.3 Å². The molecular formula is C23H20F3N3O4S. The normalized spacial score (nSPS) is 13.2. The maximum absolute atomic E-state index is 12.8. The zero-order chi connectivity index (χ0) is 24.1. The van der Waals surface area contributed by atoms with Gasteiger partial charge in [0.15, 0.2) is 6.61 Å². The molecule has 34 heavy (non-hydrogen) atoms. The van der Waals surface area contributed by atoms with Crippen molar-refractivity contribution in [3.63, 3.8) is 0 Å². The number of amides is 2. The molecule has 178 valence electrons. The maximum atomic E-state index is 12.8. The highest BCUT2D eigenvalue weighted by Crippen LogP contribution is 2.25. The van der Waals surface area contributed by atoms with Crippen LogP contribution in [0.1, 0.15) is 26.6 Å². The third kappa shape index (κ3) is 6.25. The van der Waals surface area contributed by atoms with Crippen LogP contribution in [0.15, 0.2) is 53.9 Å². The summed E-state index contributed by atoms with van der Waals surface area (Å²) >= 11 is 1.27. The predicted molar refractivity (Wildman–Crippen MR) is 117 cm³/mol. The first-order valence-electron chi connectivity index (χ1n) is 10.3. The lowest BCUT2D eigenvalue weighted by Crippen LogP contribution is -2.36. The fraction of sp³-hybridized carbons (Fsp3) is 0.261. The Labute approximate surface area is 197 Å². The number of thiazole rings is 1. The first-order chi connectivity index (χ1) is 16.3. The molecule has 1 aromatic heterocycles. The Morgan fingerprint density at radius 3 is 2.50 bits per heavy atom. The van der Waals surface area contributed by atoms with Gasteiger partial charge < -0.3 is 19.7 Å². The van der Waals surface area contributed by atoms with Crippen molar-refractivity contribution >= 4 is 23.2 Å². The summed E-state index contributed by atoms with van der Waals surface area (Å²) in [4.78, 5) is 31.0. The van der Waals surface area contributed by atoms with Gasteiger partial charge in [-0.05, 0) is 41.8 Å². The van der Waals surface area contributed by atoms with E-state index in [1.54, 1.807) is 10.3 Å². The third-order valence-corrected chi connectivity index (χ3v) is 5.90. The number of hydrogen-bond acceptors (Lipinski definition) is 6. The number of carbonyl (C=O) groups excluding carboxylic acids is 2. The van der Waals surface area contributed by atoms with Gasteiger partial charge in [0.2, 0.25) is 0 Å². The van der Waals surface area contributed by atoms with Crippen molar-refractivity contribution in [2.24, 2.45) is 0 Å². The minimum Gasteiger partial charge on any atom is -0.484 e. The molecule has 2 amide bonds. The van der Waals surface area contributed by atoms with Gasteiger partial charge in [-0.2, -0.15) is 0 Å². The van der Waals surface area contributed by atoms with Crippen LogP contribution >= 0.6 is 11.3 Å². The zero-order valence-electron chi connectivity index (χ0n) is 17.8. The Morgan fingerprint density at radius 1 is 1.06 bits per heavy atom. The number of hydrogen-bond donors (Lipinski definition) is 1. The lowest BCUT2D eigenvalue weighted by atomic mass is 10.00. The molecule has 3 aromatic rings. The predicted octanol–water partition coefficient (Wildman–Crippen LogP) is 3.94. The average molecular weight is 491 g/mol. The number of carbonyl (C=O) groups is 2. The van der Waals surface area contributed by atoms with Crippen molar-refractivity contribution in [1.82, 2.24) is 15.2 Å². The van der Waals surface area contributed by atoms with Gasteiger partial charge in [-0.15, -0.1) is 24.5 Å². The molecule has 0 spiro atoms. The molecular weight excluding hydrogens is 471 g/mol. The number of nitrogens with one attached hydrogen (secondary N) is 1. The molecule has 0 saturated heterocycles. The molecule has 11 heteroatoms. The largest absolute Gasteiger partial charge is 0.573 e. The van der Waals surface area contributed by atoms with Gasteiger partial charge in [0.25, 0.3) is 11.8 Å². The highest BCUT2D eigenvalue weighted by atomic mass is 32.1. The van der Waals surface area contributed by atoms with E-state index in [9.17, 15) is 22.8 Å². The molecule has 1 N–H and O–H groups in total. The highest BCUT2D eigenvalue weighted by Gasteiger charge is 2.31. The summed E-state index contributed by atoms with van der Waals surface area (Å²) in [5.41, 5.74) is 2.72. The summed E-state index contributed by atoms with van der Waals surface area (Å²) in [6.07, 6.45) is -3.98. The molecule has 7 nitrogen and oxygen atoms in total. The second-order valence-electron chi connectivity index (χ2n) is 7.46. The Hall–Kier alpha value is -3.60. The van der Waals surface area contributed by atoms with E-state index in [1.807, 2.05) is 18.2 Å². The van der Waals surface area contributed by atoms with Crippen LogP contribution in [-0.4, -0.2) is 41.2 Å². The van der Waals surface area contributed by atoms with Crippen molar-refractivity contribution in [3.05, 3.63) is 75.7 Å². The summed E-state index contributed by atoms with van der Waals surface area (Å²) in [5.74, 6) is -0.752. The molecule has 0 bridgehead atoms. The first kappa shape index (κ1) is 23.6. The molecule has 1 aliphatic heterocycles. The highest BCUT2D eigenvalue weighted by molar-refractivity contribution is 7.09. The molecule has 4 rings (SSSR count). The number of rotatable bonds is 7. The van der Waals surface area contributed by atoms with Crippen molar-refractivity contribution in [1.29, 1.82) is 0 Å². The summed E-state index contributed by atoms with van der Waals surface area (Å²) in [6.45, 7) is 0.963. The zero-order valence-corrected chi connectivity index (χ0v) is 18.6. The summed E-state index contributed by atoms with van der Waals surface area (Å²) < 4.78 is 45.6. The van der Waals surface area contributed by atoms with Crippen LogP contribution in [0.5, 0.6) is 11.5 Å². The van der Waals surface area contributed by atoms with Crippen molar-refractivity contribution in [2.45, 2.75) is 25.9 Å². The number of halogens is 3. The smallest absolute Gasteiger partial charge is 0.484 e. The van der Waals surface area contributed by atoms with Crippen molar-refractivity contribution < 1.29 is 32.2 Å². The Bertz CT molecular complexity index is 1160. The van der Waals surface area contributed by atoms with E-state index in [0.717, 1.165) is 24.1 Å². The standard InChI is InChI=1S/C23H20F3N3O4S/c24-23(25,26)33-18-7-5-17(6-8-18)32-13-20(30)27-11-21-28-19(14-34-21)22(31)29-10-9-15-3-1-2-4-16(15)12-29/h1-8,14H,9-13H2,(H,27,30). The number of alkyl halides is 3. The molecule has 0 unspecified atom stereocenters. The van der Waals surface area contributed by atoms with E-state index in [4.69, 9.17) is 4.74 Å². The third-order valence-electron chi connectivity index (χ3n) is 5.05. The van der Waals surface area contributed by atoms with Crippen LogP contribution in [0, 0.1) is 0 Å². The van der Waals surface area contributed by atoms with Gasteiger partial charge in [0.1, 0.15) is 22.2 Å². The SMILES string of the molecule is O=C(COc1ccc(OC(F)(F)F)cc1)NCc1nc(C(=O)N2CCc3ccccc3C2)cs1. The van der Waals surface area contributed by atoms with Crippen molar-refractivity contribution in [2.75, 3.05) is 13.2 Å². The van der Waals surface area contributed by atoms with Gasteiger partial charge in [0.05, 0.1) is 6.54 Å². The van der Waals surface area contributed by atoms with Crippen molar-refractivity contribution in [3.8, 4) is 11.5 Å². The minimum atomic E-state index is -4.78. The second kappa shape index (κ2) is 10.1. The topological polar surface area (TPSA) is 80.8 Å². The van der Waals surface area contributed by atoms with Crippen LogP contribution in [-0.2, 0) is 24.3 Å². The summed E-state index contributed by atoms with van der Waals surface area (Å²) in [6, 6.07) is 12.8. The lowest BCUT2D eigenvalue weighted by molar-refractivity contribution is -0.274. The molecule has 0 radical (unpaired) electrons. The monoisotopic (exact) mass is 491 g/mol. The fourth-order valence-electron chi connectivity index (χ4n) is 3.43. The average Bonchev–Trinajstić information content (AvgIpc) is 3.29. The molecule has 2 heterocycles. The maximum Gasteiger partial charge on any atom is 0.573 e.